The summed E-state index contributed by atoms with van der Waals surface area (Å²) in [6.45, 7) is 7.94. The molecule has 0 saturated heterocycles. The van der Waals surface area contributed by atoms with E-state index in [0.29, 0.717) is 12.5 Å². The molecule has 0 unspecified atom stereocenters. The number of pyridine rings is 1. The Morgan fingerprint density at radius 1 is 1.35 bits per heavy atom. The summed E-state index contributed by atoms with van der Waals surface area (Å²) < 4.78 is 0. The molecule has 0 atom stereocenters. The predicted molar refractivity (Wildman–Crippen MR) is 97.1 cm³/mol. The first-order chi connectivity index (χ1) is 11.1. The zero-order chi connectivity index (χ0) is 16.7. The van der Waals surface area contributed by atoms with Gasteiger partial charge in [-0.15, -0.1) is 11.3 Å². The summed E-state index contributed by atoms with van der Waals surface area (Å²) in [4.78, 5) is 13.0. The average molecular weight is 331 g/mol. The second-order valence-electron chi connectivity index (χ2n) is 5.73. The Labute approximate surface area is 142 Å². The molecule has 2 N–H and O–H groups in total. The fourth-order valence-electron chi connectivity index (χ4n) is 2.15. The highest BCUT2D eigenvalue weighted by molar-refractivity contribution is 7.09. The van der Waals surface area contributed by atoms with E-state index in [1.165, 1.54) is 11.1 Å². The summed E-state index contributed by atoms with van der Waals surface area (Å²) in [5, 5.41) is 9.87. The standard InChI is InChI=1S/C17H25N5S/c1-12(2)15-11-23-16(22-15)10-21-17(18-4)20-8-6-14-5-7-19-9-13(14)3/h5,7,9,11-12H,6,8,10H2,1-4H3,(H2,18,20,21). The molecule has 0 spiro atoms. The Bertz CT molecular complexity index is 648. The molecule has 124 valence electrons. The summed E-state index contributed by atoms with van der Waals surface area (Å²) in [5.74, 6) is 1.28. The molecule has 2 heterocycles. The number of hydrogen-bond acceptors (Lipinski definition) is 4. The van der Waals surface area contributed by atoms with Gasteiger partial charge in [-0.05, 0) is 36.5 Å². The fraction of sp³-hybridized carbons (Fsp3) is 0.471. The van der Waals surface area contributed by atoms with Gasteiger partial charge < -0.3 is 10.6 Å². The minimum atomic E-state index is 0.473. The fourth-order valence-corrected chi connectivity index (χ4v) is 3.04. The lowest BCUT2D eigenvalue weighted by atomic mass is 10.1. The molecular formula is C17H25N5S. The van der Waals surface area contributed by atoms with Crippen LogP contribution in [0.4, 0.5) is 0 Å². The number of nitrogens with zero attached hydrogens (tertiary/aromatic N) is 3. The first kappa shape index (κ1) is 17.4. The van der Waals surface area contributed by atoms with Crippen LogP contribution >= 0.6 is 11.3 Å². The first-order valence-corrected chi connectivity index (χ1v) is 8.76. The second-order valence-corrected chi connectivity index (χ2v) is 6.67. The molecule has 0 aromatic carbocycles. The number of thiazole rings is 1. The van der Waals surface area contributed by atoms with Crippen molar-refractivity contribution < 1.29 is 0 Å². The Hall–Kier alpha value is -1.95. The summed E-state index contributed by atoms with van der Waals surface area (Å²) >= 11 is 1.69. The Morgan fingerprint density at radius 3 is 2.83 bits per heavy atom. The molecule has 0 saturated carbocycles. The van der Waals surface area contributed by atoms with Crippen molar-refractivity contribution in [1.82, 2.24) is 20.6 Å². The Kier molecular flexibility index (Phi) is 6.52. The molecule has 0 radical (unpaired) electrons. The van der Waals surface area contributed by atoms with Crippen molar-refractivity contribution in [1.29, 1.82) is 0 Å². The van der Waals surface area contributed by atoms with E-state index in [9.17, 15) is 0 Å². The van der Waals surface area contributed by atoms with Gasteiger partial charge in [0.05, 0.1) is 12.2 Å². The van der Waals surface area contributed by atoms with E-state index in [4.69, 9.17) is 0 Å². The minimum absolute atomic E-state index is 0.473. The highest BCUT2D eigenvalue weighted by atomic mass is 32.1. The molecule has 5 nitrogen and oxygen atoms in total. The molecule has 0 aliphatic rings. The van der Waals surface area contributed by atoms with Crippen molar-refractivity contribution in [3.63, 3.8) is 0 Å². The van der Waals surface area contributed by atoms with Gasteiger partial charge in [0.15, 0.2) is 5.96 Å². The zero-order valence-corrected chi connectivity index (χ0v) is 15.1. The van der Waals surface area contributed by atoms with Crippen LogP contribution in [0, 0.1) is 6.92 Å². The third-order valence-corrected chi connectivity index (χ3v) is 4.48. The van der Waals surface area contributed by atoms with Crippen LogP contribution < -0.4 is 10.6 Å². The molecule has 6 heteroatoms. The highest BCUT2D eigenvalue weighted by Gasteiger charge is 2.06. The van der Waals surface area contributed by atoms with Gasteiger partial charge in [-0.25, -0.2) is 4.98 Å². The monoisotopic (exact) mass is 331 g/mol. The van der Waals surface area contributed by atoms with Crippen LogP contribution in [-0.4, -0.2) is 29.5 Å². The largest absolute Gasteiger partial charge is 0.356 e. The van der Waals surface area contributed by atoms with Crippen LogP contribution in [0.5, 0.6) is 0 Å². The lowest BCUT2D eigenvalue weighted by molar-refractivity contribution is 0.776. The number of hydrogen-bond donors (Lipinski definition) is 2. The van der Waals surface area contributed by atoms with Crippen LogP contribution in [0.25, 0.3) is 0 Å². The molecule has 2 aromatic heterocycles. The van der Waals surface area contributed by atoms with Crippen molar-refractivity contribution in [2.45, 2.75) is 39.7 Å². The quantitative estimate of drug-likeness (QED) is 0.631. The topological polar surface area (TPSA) is 62.2 Å². The summed E-state index contributed by atoms with van der Waals surface area (Å²) in [6, 6.07) is 2.07. The van der Waals surface area contributed by atoms with Crippen molar-refractivity contribution >= 4 is 17.3 Å². The van der Waals surface area contributed by atoms with Gasteiger partial charge in [-0.2, -0.15) is 0 Å². The van der Waals surface area contributed by atoms with Crippen molar-refractivity contribution in [3.05, 3.63) is 45.7 Å². The summed E-state index contributed by atoms with van der Waals surface area (Å²) in [5.41, 5.74) is 3.69. The molecule has 2 aromatic rings. The Balaban J connectivity index is 1.78. The number of rotatable bonds is 6. The zero-order valence-electron chi connectivity index (χ0n) is 14.3. The number of aliphatic imine (C=N–C) groups is 1. The average Bonchev–Trinajstić information content (AvgIpc) is 3.01. The molecule has 0 aliphatic carbocycles. The van der Waals surface area contributed by atoms with Gasteiger partial charge in [-0.1, -0.05) is 13.8 Å². The van der Waals surface area contributed by atoms with Crippen molar-refractivity contribution in [2.24, 2.45) is 4.99 Å². The molecule has 0 fully saturated rings. The molecule has 0 amide bonds. The second kappa shape index (κ2) is 8.62. The van der Waals surface area contributed by atoms with Gasteiger partial charge >= 0.3 is 0 Å². The minimum Gasteiger partial charge on any atom is -0.356 e. The maximum absolute atomic E-state index is 4.62. The van der Waals surface area contributed by atoms with Gasteiger partial charge in [0.25, 0.3) is 0 Å². The maximum atomic E-state index is 4.62. The summed E-state index contributed by atoms with van der Waals surface area (Å²) in [7, 11) is 1.79. The van der Waals surface area contributed by atoms with Crippen LogP contribution in [-0.2, 0) is 13.0 Å². The number of aryl methyl sites for hydroxylation is 1. The van der Waals surface area contributed by atoms with Crippen molar-refractivity contribution in [3.8, 4) is 0 Å². The van der Waals surface area contributed by atoms with Gasteiger partial charge in [0.1, 0.15) is 5.01 Å². The highest BCUT2D eigenvalue weighted by Crippen LogP contribution is 2.17. The van der Waals surface area contributed by atoms with E-state index in [2.05, 4.69) is 57.8 Å². The molecule has 2 rings (SSSR count). The Morgan fingerprint density at radius 2 is 2.17 bits per heavy atom. The molecular weight excluding hydrogens is 306 g/mol. The van der Waals surface area contributed by atoms with Gasteiger partial charge in [-0.3, -0.25) is 9.98 Å². The van der Waals surface area contributed by atoms with E-state index in [1.54, 1.807) is 18.4 Å². The third-order valence-electron chi connectivity index (χ3n) is 3.61. The maximum Gasteiger partial charge on any atom is 0.191 e. The van der Waals surface area contributed by atoms with E-state index in [-0.39, 0.29) is 0 Å². The van der Waals surface area contributed by atoms with E-state index in [1.807, 2.05) is 12.4 Å². The third kappa shape index (κ3) is 5.32. The first-order valence-electron chi connectivity index (χ1n) is 7.88. The van der Waals surface area contributed by atoms with Crippen LogP contribution in [0.3, 0.4) is 0 Å². The number of aromatic nitrogens is 2. The van der Waals surface area contributed by atoms with Gasteiger partial charge in [0.2, 0.25) is 0 Å². The summed E-state index contributed by atoms with van der Waals surface area (Å²) in [6.07, 6.45) is 4.69. The van der Waals surface area contributed by atoms with E-state index in [0.717, 1.165) is 29.6 Å². The van der Waals surface area contributed by atoms with Gasteiger partial charge in [0, 0.05) is 31.4 Å². The lowest BCUT2D eigenvalue weighted by Gasteiger charge is -2.11. The van der Waals surface area contributed by atoms with E-state index >= 15 is 0 Å². The predicted octanol–water partition coefficient (Wildman–Crippen LogP) is 2.88. The lowest BCUT2D eigenvalue weighted by Crippen LogP contribution is -2.37. The normalized spacial score (nSPS) is 11.8. The number of guanidine groups is 1. The van der Waals surface area contributed by atoms with Crippen molar-refractivity contribution in [2.75, 3.05) is 13.6 Å². The molecule has 0 aliphatic heterocycles. The SMILES string of the molecule is CN=C(NCCc1ccncc1C)NCc1nc(C(C)C)cs1. The van der Waals surface area contributed by atoms with Crippen LogP contribution in [0.2, 0.25) is 0 Å². The van der Waals surface area contributed by atoms with Crippen LogP contribution in [0.15, 0.2) is 28.8 Å². The number of nitrogens with one attached hydrogen (secondary N) is 2. The molecule has 23 heavy (non-hydrogen) atoms. The van der Waals surface area contributed by atoms with Crippen LogP contribution in [0.1, 0.15) is 41.6 Å². The molecule has 0 bridgehead atoms. The smallest absolute Gasteiger partial charge is 0.191 e. The van der Waals surface area contributed by atoms with E-state index < -0.39 is 0 Å².